The second kappa shape index (κ2) is 5.28. The van der Waals surface area contributed by atoms with Crippen molar-refractivity contribution in [3.05, 3.63) is 59.7 Å². The minimum Gasteiger partial charge on any atom is -0.370 e. The first-order valence-electron chi connectivity index (χ1n) is 6.67. The lowest BCUT2D eigenvalue weighted by molar-refractivity contribution is -0.117. The largest absolute Gasteiger partial charge is 0.370 e. The Balaban J connectivity index is 1.91. The maximum atomic E-state index is 12.1. The van der Waals surface area contributed by atoms with Crippen LogP contribution in [-0.4, -0.2) is 11.8 Å². The fourth-order valence-corrected chi connectivity index (χ4v) is 2.51. The molecule has 0 spiro atoms. The summed E-state index contributed by atoms with van der Waals surface area (Å²) >= 11 is 0. The maximum Gasteiger partial charge on any atom is 0.251 e. The minimum absolute atomic E-state index is 0.106. The molecule has 0 aromatic heterocycles. The van der Waals surface area contributed by atoms with E-state index in [1.165, 1.54) is 0 Å². The monoisotopic (exact) mass is 281 g/mol. The Bertz CT molecular complexity index is 712. The summed E-state index contributed by atoms with van der Waals surface area (Å²) < 4.78 is 0. The second-order valence-electron chi connectivity index (χ2n) is 4.95. The lowest BCUT2D eigenvalue weighted by Crippen LogP contribution is -2.21. The van der Waals surface area contributed by atoms with Crippen molar-refractivity contribution in [2.24, 2.45) is 5.73 Å². The van der Waals surface area contributed by atoms with E-state index in [9.17, 15) is 9.59 Å². The van der Waals surface area contributed by atoms with Crippen LogP contribution in [-0.2, 0) is 16.0 Å². The molecular formula is C16H15N3O2. The number of carbonyl (C=O) groups is 2. The average molecular weight is 281 g/mol. The molecule has 21 heavy (non-hydrogen) atoms. The van der Waals surface area contributed by atoms with Crippen molar-refractivity contribution in [3.8, 4) is 0 Å². The van der Waals surface area contributed by atoms with E-state index in [1.807, 2.05) is 48.5 Å². The van der Waals surface area contributed by atoms with Gasteiger partial charge in [0, 0.05) is 16.9 Å². The van der Waals surface area contributed by atoms with Gasteiger partial charge in [0.1, 0.15) is 6.04 Å². The van der Waals surface area contributed by atoms with E-state index in [4.69, 9.17) is 5.73 Å². The average Bonchev–Trinajstić information content (AvgIpc) is 2.77. The van der Waals surface area contributed by atoms with Crippen molar-refractivity contribution in [1.82, 2.24) is 0 Å². The number of amides is 2. The highest BCUT2D eigenvalue weighted by atomic mass is 16.2. The number of hydrogen-bond acceptors (Lipinski definition) is 3. The van der Waals surface area contributed by atoms with E-state index in [1.54, 1.807) is 0 Å². The van der Waals surface area contributed by atoms with Crippen molar-refractivity contribution in [1.29, 1.82) is 0 Å². The van der Waals surface area contributed by atoms with Gasteiger partial charge in [-0.15, -0.1) is 0 Å². The Hall–Kier alpha value is -2.82. The molecule has 4 N–H and O–H groups in total. The smallest absolute Gasteiger partial charge is 0.251 e. The molecule has 106 valence electrons. The summed E-state index contributed by atoms with van der Waals surface area (Å²) in [6.07, 6.45) is 0.138. The topological polar surface area (TPSA) is 84.2 Å². The van der Waals surface area contributed by atoms with Crippen LogP contribution in [0.2, 0.25) is 0 Å². The molecule has 1 aliphatic heterocycles. The summed E-state index contributed by atoms with van der Waals surface area (Å²) in [6, 6.07) is 14.4. The van der Waals surface area contributed by atoms with Crippen LogP contribution in [0.25, 0.3) is 0 Å². The van der Waals surface area contributed by atoms with Crippen LogP contribution in [0, 0.1) is 0 Å². The Morgan fingerprint density at radius 2 is 1.86 bits per heavy atom. The van der Waals surface area contributed by atoms with Gasteiger partial charge < -0.3 is 16.4 Å². The van der Waals surface area contributed by atoms with Crippen molar-refractivity contribution in [2.45, 2.75) is 12.5 Å². The number of fused-ring (bicyclic) bond motifs is 1. The highest BCUT2D eigenvalue weighted by Crippen LogP contribution is 2.33. The van der Waals surface area contributed by atoms with Crippen molar-refractivity contribution in [2.75, 3.05) is 10.6 Å². The molecule has 5 nitrogen and oxygen atoms in total. The summed E-state index contributed by atoms with van der Waals surface area (Å²) in [5.74, 6) is -0.509. The number of anilines is 2. The van der Waals surface area contributed by atoms with E-state index < -0.39 is 11.9 Å². The zero-order chi connectivity index (χ0) is 14.8. The quantitative estimate of drug-likeness (QED) is 0.799. The summed E-state index contributed by atoms with van der Waals surface area (Å²) in [5, 5.41) is 6.04. The number of rotatable bonds is 4. The molecule has 1 aliphatic rings. The third-order valence-corrected chi connectivity index (χ3v) is 3.47. The number of para-hydroxylation sites is 2. The highest BCUT2D eigenvalue weighted by molar-refractivity contribution is 6.04. The van der Waals surface area contributed by atoms with Crippen LogP contribution < -0.4 is 16.4 Å². The summed E-state index contributed by atoms with van der Waals surface area (Å²) in [6.45, 7) is 0. The number of hydrogen-bond donors (Lipinski definition) is 3. The van der Waals surface area contributed by atoms with E-state index in [0.29, 0.717) is 0 Å². The lowest BCUT2D eigenvalue weighted by Gasteiger charge is -2.16. The number of carbonyl (C=O) groups excluding carboxylic acids is 2. The Labute approximate surface area is 122 Å². The molecule has 0 saturated carbocycles. The Kier molecular flexibility index (Phi) is 3.31. The Morgan fingerprint density at radius 1 is 1.14 bits per heavy atom. The second-order valence-corrected chi connectivity index (χ2v) is 4.95. The molecule has 0 radical (unpaired) electrons. The van der Waals surface area contributed by atoms with Gasteiger partial charge in [0.15, 0.2) is 0 Å². The van der Waals surface area contributed by atoms with E-state index in [0.717, 1.165) is 22.5 Å². The molecule has 3 rings (SSSR count). The predicted molar refractivity (Wildman–Crippen MR) is 80.8 cm³/mol. The first kappa shape index (κ1) is 13.2. The first-order valence-corrected chi connectivity index (χ1v) is 6.67. The van der Waals surface area contributed by atoms with Gasteiger partial charge in [-0.05, 0) is 17.7 Å². The molecular weight excluding hydrogens is 266 g/mol. The fourth-order valence-electron chi connectivity index (χ4n) is 2.51. The zero-order valence-corrected chi connectivity index (χ0v) is 11.3. The number of benzene rings is 2. The van der Waals surface area contributed by atoms with Crippen molar-refractivity contribution >= 4 is 23.2 Å². The zero-order valence-electron chi connectivity index (χ0n) is 11.3. The van der Waals surface area contributed by atoms with Gasteiger partial charge in [0.05, 0.1) is 6.42 Å². The van der Waals surface area contributed by atoms with Gasteiger partial charge in [0.2, 0.25) is 5.91 Å². The predicted octanol–water partition coefficient (Wildman–Crippen LogP) is 1.82. The maximum absolute atomic E-state index is 12.1. The van der Waals surface area contributed by atoms with Crippen molar-refractivity contribution < 1.29 is 9.59 Å². The molecule has 2 amide bonds. The van der Waals surface area contributed by atoms with E-state index in [2.05, 4.69) is 10.6 Å². The fraction of sp³-hybridized carbons (Fsp3) is 0.125. The molecule has 5 heteroatoms. The summed E-state index contributed by atoms with van der Waals surface area (Å²) in [4.78, 5) is 23.2. The van der Waals surface area contributed by atoms with Crippen LogP contribution in [0.5, 0.6) is 0 Å². The van der Waals surface area contributed by atoms with Gasteiger partial charge >= 0.3 is 0 Å². The molecule has 1 atom stereocenters. The van der Waals surface area contributed by atoms with Gasteiger partial charge in [-0.3, -0.25) is 9.59 Å². The van der Waals surface area contributed by atoms with Gasteiger partial charge in [-0.1, -0.05) is 36.4 Å². The summed E-state index contributed by atoms with van der Waals surface area (Å²) in [5.41, 5.74) is 8.49. The van der Waals surface area contributed by atoms with Crippen molar-refractivity contribution in [3.63, 3.8) is 0 Å². The SMILES string of the molecule is NC(=O)Cc1ccccc1NC1C(=O)Nc2ccccc21. The standard InChI is InChI=1S/C16H15N3O2/c17-14(20)9-10-5-1-3-7-12(10)18-15-11-6-2-4-8-13(11)19-16(15)21/h1-8,15,18H,9H2,(H2,17,20)(H,19,21). The normalized spacial score (nSPS) is 16.2. The molecule has 2 aromatic carbocycles. The number of primary amides is 1. The molecule has 0 aliphatic carbocycles. The van der Waals surface area contributed by atoms with Gasteiger partial charge in [0.25, 0.3) is 5.91 Å². The Morgan fingerprint density at radius 3 is 2.67 bits per heavy atom. The van der Waals surface area contributed by atoms with Crippen LogP contribution in [0.1, 0.15) is 17.2 Å². The molecule has 0 fully saturated rings. The lowest BCUT2D eigenvalue weighted by atomic mass is 10.1. The van der Waals surface area contributed by atoms with Gasteiger partial charge in [-0.25, -0.2) is 0 Å². The van der Waals surface area contributed by atoms with Crippen LogP contribution in [0.4, 0.5) is 11.4 Å². The van der Waals surface area contributed by atoms with Crippen LogP contribution in [0.15, 0.2) is 48.5 Å². The first-order chi connectivity index (χ1) is 10.1. The highest BCUT2D eigenvalue weighted by Gasteiger charge is 2.30. The minimum atomic E-state index is -0.463. The third kappa shape index (κ3) is 2.58. The third-order valence-electron chi connectivity index (χ3n) is 3.47. The van der Waals surface area contributed by atoms with Crippen LogP contribution in [0.3, 0.4) is 0 Å². The summed E-state index contributed by atoms with van der Waals surface area (Å²) in [7, 11) is 0. The van der Waals surface area contributed by atoms with Gasteiger partial charge in [-0.2, -0.15) is 0 Å². The molecule has 1 unspecified atom stereocenters. The number of nitrogens with one attached hydrogen (secondary N) is 2. The number of nitrogens with two attached hydrogens (primary N) is 1. The van der Waals surface area contributed by atoms with E-state index in [-0.39, 0.29) is 12.3 Å². The van der Waals surface area contributed by atoms with Crippen LogP contribution >= 0.6 is 0 Å². The molecule has 0 bridgehead atoms. The molecule has 0 saturated heterocycles. The van der Waals surface area contributed by atoms with E-state index >= 15 is 0 Å². The molecule has 2 aromatic rings. The molecule has 1 heterocycles.